The number of pyridine rings is 2. The number of para-hydroxylation sites is 1. The largest absolute Gasteiger partial charge is 0.361 e. The molecule has 0 saturated carbocycles. The summed E-state index contributed by atoms with van der Waals surface area (Å²) in [6.07, 6.45) is 16.1. The molecule has 33 heavy (non-hydrogen) atoms. The highest BCUT2D eigenvalue weighted by Crippen LogP contribution is 2.26. The molecule has 170 valence electrons. The van der Waals surface area contributed by atoms with Gasteiger partial charge in [-0.05, 0) is 71.0 Å². The highest BCUT2D eigenvalue weighted by molar-refractivity contribution is 5.84. The second kappa shape index (κ2) is 11.7. The highest BCUT2D eigenvalue weighted by atomic mass is 16.1. The van der Waals surface area contributed by atoms with Gasteiger partial charge in [-0.25, -0.2) is 4.98 Å². The number of fused-ring (bicyclic) bond motifs is 1. The number of nitrogens with zero attached hydrogens (tertiary/aromatic N) is 2. The highest BCUT2D eigenvalue weighted by Gasteiger charge is 2.15. The van der Waals surface area contributed by atoms with Crippen LogP contribution in [0.4, 0.5) is 11.5 Å². The van der Waals surface area contributed by atoms with Crippen LogP contribution >= 0.6 is 0 Å². The lowest BCUT2D eigenvalue weighted by Gasteiger charge is -2.20. The van der Waals surface area contributed by atoms with E-state index in [1.165, 1.54) is 0 Å². The fraction of sp³-hybridized carbons (Fsp3) is 0.214. The van der Waals surface area contributed by atoms with E-state index >= 15 is 0 Å². The van der Waals surface area contributed by atoms with Crippen LogP contribution in [0.15, 0.2) is 95.6 Å². The number of benzene rings is 1. The summed E-state index contributed by atoms with van der Waals surface area (Å²) in [5.41, 5.74) is 4.16. The van der Waals surface area contributed by atoms with Gasteiger partial charge in [-0.15, -0.1) is 0 Å². The van der Waals surface area contributed by atoms with E-state index in [9.17, 15) is 4.79 Å². The first kappa shape index (κ1) is 23.8. The van der Waals surface area contributed by atoms with Crippen molar-refractivity contribution in [2.24, 2.45) is 0 Å². The normalized spacial score (nSPS) is 13.2. The molecule has 2 heterocycles. The van der Waals surface area contributed by atoms with Crippen molar-refractivity contribution in [2.45, 2.75) is 40.5 Å². The molecule has 0 spiro atoms. The summed E-state index contributed by atoms with van der Waals surface area (Å²) < 4.78 is 2.01. The Morgan fingerprint density at radius 1 is 1.00 bits per heavy atom. The summed E-state index contributed by atoms with van der Waals surface area (Å²) in [5, 5.41) is 7.19. The molecule has 2 N–H and O–H groups in total. The number of rotatable bonds is 5. The third-order valence-electron chi connectivity index (χ3n) is 5.20. The fourth-order valence-electron chi connectivity index (χ4n) is 3.43. The molecule has 1 aliphatic carbocycles. The Balaban J connectivity index is 0.000000709. The number of aryl methyl sites for hydroxylation is 1. The number of hydrogen-bond donors (Lipinski definition) is 2. The molecule has 1 aliphatic rings. The third-order valence-corrected chi connectivity index (χ3v) is 5.20. The van der Waals surface area contributed by atoms with Crippen molar-refractivity contribution in [3.8, 4) is 5.69 Å². The average molecular weight is 441 g/mol. The summed E-state index contributed by atoms with van der Waals surface area (Å²) in [7, 11) is 0. The molecule has 0 aliphatic heterocycles. The number of aromatic nitrogens is 2. The molecule has 4 rings (SSSR count). The molecule has 3 aromatic rings. The Morgan fingerprint density at radius 3 is 2.39 bits per heavy atom. The Labute approximate surface area is 195 Å². The molecule has 0 fully saturated rings. The van der Waals surface area contributed by atoms with E-state index in [4.69, 9.17) is 4.98 Å². The topological polar surface area (TPSA) is 59.0 Å². The maximum atomic E-state index is 13.0. The molecule has 0 amide bonds. The van der Waals surface area contributed by atoms with Crippen LogP contribution in [0.25, 0.3) is 16.7 Å². The van der Waals surface area contributed by atoms with Gasteiger partial charge in [-0.1, -0.05) is 48.6 Å². The second-order valence-electron chi connectivity index (χ2n) is 7.63. The van der Waals surface area contributed by atoms with Gasteiger partial charge in [-0.2, -0.15) is 0 Å². The Morgan fingerprint density at radius 2 is 1.76 bits per heavy atom. The zero-order valence-electron chi connectivity index (χ0n) is 19.8. The van der Waals surface area contributed by atoms with Crippen LogP contribution in [0.1, 0.15) is 39.3 Å². The van der Waals surface area contributed by atoms with Crippen LogP contribution < -0.4 is 16.1 Å². The van der Waals surface area contributed by atoms with E-state index in [2.05, 4.69) is 28.9 Å². The predicted octanol–water partition coefficient (Wildman–Crippen LogP) is 6.87. The van der Waals surface area contributed by atoms with Gasteiger partial charge in [0.15, 0.2) is 5.43 Å². The minimum absolute atomic E-state index is 0.0638. The lowest BCUT2D eigenvalue weighted by atomic mass is 10.1. The molecule has 2 aromatic heterocycles. The second-order valence-corrected chi connectivity index (χ2v) is 7.63. The SMILES string of the molecule is C/C=C/Nc1cc2c(=O)cc(NC3=CCCC=C3)n(-c3ccccc3)c2nc1C.C/C=C\C. The zero-order valence-corrected chi connectivity index (χ0v) is 19.8. The lowest BCUT2D eigenvalue weighted by Crippen LogP contribution is -2.16. The van der Waals surface area contributed by atoms with Crippen LogP contribution in [0.2, 0.25) is 0 Å². The summed E-state index contributed by atoms with van der Waals surface area (Å²) >= 11 is 0. The van der Waals surface area contributed by atoms with Crippen LogP contribution in [0, 0.1) is 6.92 Å². The molecular weight excluding hydrogens is 408 g/mol. The summed E-state index contributed by atoms with van der Waals surface area (Å²) in [4.78, 5) is 17.8. The van der Waals surface area contributed by atoms with E-state index in [0.29, 0.717) is 16.9 Å². The Kier molecular flexibility index (Phi) is 8.42. The van der Waals surface area contributed by atoms with Gasteiger partial charge in [0.2, 0.25) is 0 Å². The average Bonchev–Trinajstić information content (AvgIpc) is 2.84. The number of anilines is 2. The van der Waals surface area contributed by atoms with E-state index in [1.807, 2.05) is 93.1 Å². The van der Waals surface area contributed by atoms with Crippen LogP contribution in [-0.2, 0) is 0 Å². The van der Waals surface area contributed by atoms with Gasteiger partial charge in [0.05, 0.1) is 16.8 Å². The standard InChI is InChI=1S/C24H24N4O.C4H8/c1-3-14-25-21-15-20-22(29)16-23(27-18-10-6-4-7-11-18)28(24(20)26-17(21)2)19-12-8-5-9-13-19;1-3-4-2/h3,5-6,8-16,25,27H,4,7H2,1-2H3;3-4H,1-2H3/b14-3+;4-3-. The molecule has 0 unspecified atom stereocenters. The van der Waals surface area contributed by atoms with Crippen LogP contribution in [-0.4, -0.2) is 9.55 Å². The molecule has 0 saturated heterocycles. The molecule has 5 nitrogen and oxygen atoms in total. The van der Waals surface area contributed by atoms with Crippen molar-refractivity contribution in [3.63, 3.8) is 0 Å². The molecule has 5 heteroatoms. The number of hydrogen-bond acceptors (Lipinski definition) is 4. The van der Waals surface area contributed by atoms with Crippen molar-refractivity contribution in [1.82, 2.24) is 9.55 Å². The van der Waals surface area contributed by atoms with E-state index in [0.717, 1.165) is 35.6 Å². The van der Waals surface area contributed by atoms with Gasteiger partial charge in [0.25, 0.3) is 0 Å². The van der Waals surface area contributed by atoms with Gasteiger partial charge >= 0.3 is 0 Å². The molecule has 0 atom stereocenters. The van der Waals surface area contributed by atoms with Gasteiger partial charge in [-0.3, -0.25) is 9.36 Å². The van der Waals surface area contributed by atoms with Crippen molar-refractivity contribution >= 4 is 22.5 Å². The summed E-state index contributed by atoms with van der Waals surface area (Å²) in [6, 6.07) is 13.5. The van der Waals surface area contributed by atoms with Gasteiger partial charge in [0, 0.05) is 17.5 Å². The number of nitrogens with one attached hydrogen (secondary N) is 2. The maximum absolute atomic E-state index is 13.0. The maximum Gasteiger partial charge on any atom is 0.193 e. The summed E-state index contributed by atoms with van der Waals surface area (Å²) in [5.74, 6) is 0.701. The zero-order chi connectivity index (χ0) is 23.6. The number of allylic oxidation sites excluding steroid dienone is 6. The monoisotopic (exact) mass is 440 g/mol. The van der Waals surface area contributed by atoms with Crippen LogP contribution in [0.3, 0.4) is 0 Å². The van der Waals surface area contributed by atoms with Crippen molar-refractivity contribution in [3.05, 3.63) is 107 Å². The molecule has 0 bridgehead atoms. The Hall–Kier alpha value is -3.86. The van der Waals surface area contributed by atoms with Crippen molar-refractivity contribution in [2.75, 3.05) is 10.6 Å². The first-order chi connectivity index (χ1) is 16.1. The van der Waals surface area contributed by atoms with Crippen LogP contribution in [0.5, 0.6) is 0 Å². The smallest absolute Gasteiger partial charge is 0.193 e. The van der Waals surface area contributed by atoms with E-state index in [1.54, 1.807) is 6.07 Å². The predicted molar refractivity (Wildman–Crippen MR) is 141 cm³/mol. The molecule has 0 radical (unpaired) electrons. The van der Waals surface area contributed by atoms with Crippen molar-refractivity contribution in [1.29, 1.82) is 0 Å². The minimum Gasteiger partial charge on any atom is -0.361 e. The fourth-order valence-corrected chi connectivity index (χ4v) is 3.43. The first-order valence-electron chi connectivity index (χ1n) is 11.3. The Bertz CT molecular complexity index is 1260. The van der Waals surface area contributed by atoms with E-state index in [-0.39, 0.29) is 5.43 Å². The van der Waals surface area contributed by atoms with Crippen molar-refractivity contribution < 1.29 is 0 Å². The molecule has 1 aromatic carbocycles. The third kappa shape index (κ3) is 5.89. The quantitative estimate of drug-likeness (QED) is 0.425. The lowest BCUT2D eigenvalue weighted by molar-refractivity contribution is 1.00. The molecular formula is C28H32N4O. The summed E-state index contributed by atoms with van der Waals surface area (Å²) in [6.45, 7) is 7.88. The minimum atomic E-state index is -0.0638. The van der Waals surface area contributed by atoms with E-state index < -0.39 is 0 Å². The first-order valence-corrected chi connectivity index (χ1v) is 11.3. The van der Waals surface area contributed by atoms with Gasteiger partial charge < -0.3 is 10.6 Å². The van der Waals surface area contributed by atoms with Gasteiger partial charge in [0.1, 0.15) is 11.5 Å².